The number of carboxylic acid groups (broad SMARTS) is 1. The van der Waals surface area contributed by atoms with Crippen LogP contribution in [0, 0.1) is 5.92 Å². The van der Waals surface area contributed by atoms with E-state index in [4.69, 9.17) is 9.84 Å². The van der Waals surface area contributed by atoms with Crippen LogP contribution in [0.3, 0.4) is 0 Å². The first-order valence-corrected chi connectivity index (χ1v) is 7.25. The van der Waals surface area contributed by atoms with Crippen LogP contribution >= 0.6 is 0 Å². The number of rotatable bonds is 4. The second kappa shape index (κ2) is 5.90. The van der Waals surface area contributed by atoms with E-state index >= 15 is 0 Å². The minimum Gasteiger partial charge on any atom is -0.481 e. The van der Waals surface area contributed by atoms with E-state index < -0.39 is 17.5 Å². The maximum Gasteiger partial charge on any atom is 0.308 e. The van der Waals surface area contributed by atoms with Crippen LogP contribution in [0.5, 0.6) is 0 Å². The van der Waals surface area contributed by atoms with Gasteiger partial charge in [0, 0.05) is 19.7 Å². The van der Waals surface area contributed by atoms with Gasteiger partial charge < -0.3 is 14.7 Å². The zero-order valence-corrected chi connectivity index (χ0v) is 11.6. The fourth-order valence-corrected chi connectivity index (χ4v) is 3.29. The second-order valence-corrected chi connectivity index (χ2v) is 5.56. The molecule has 1 saturated carbocycles. The smallest absolute Gasteiger partial charge is 0.308 e. The molecule has 2 aliphatic rings. The summed E-state index contributed by atoms with van der Waals surface area (Å²) in [6.45, 7) is 3.44. The lowest BCUT2D eigenvalue weighted by molar-refractivity contribution is -0.161. The fourth-order valence-electron chi connectivity index (χ4n) is 3.29. The number of hydrogen-bond donors (Lipinski definition) is 1. The van der Waals surface area contributed by atoms with Crippen molar-refractivity contribution < 1.29 is 19.4 Å². The number of hydrogen-bond acceptors (Lipinski definition) is 3. The number of carboxylic acids is 1. The molecule has 2 rings (SSSR count). The van der Waals surface area contributed by atoms with Gasteiger partial charge in [0.1, 0.15) is 5.60 Å². The fraction of sp³-hybridized carbons (Fsp3) is 0.857. The highest BCUT2D eigenvalue weighted by Gasteiger charge is 2.45. The summed E-state index contributed by atoms with van der Waals surface area (Å²) < 4.78 is 5.76. The molecule has 1 unspecified atom stereocenters. The molecule has 1 aliphatic heterocycles. The molecule has 1 heterocycles. The molecule has 0 bridgehead atoms. The normalized spacial score (nSPS) is 26.4. The molecule has 1 saturated heterocycles. The van der Waals surface area contributed by atoms with Crippen molar-refractivity contribution in [1.82, 2.24) is 4.90 Å². The number of nitrogens with zero attached hydrogens (tertiary/aromatic N) is 1. The molecule has 108 valence electrons. The van der Waals surface area contributed by atoms with Crippen LogP contribution in [-0.2, 0) is 14.3 Å². The van der Waals surface area contributed by atoms with Crippen LogP contribution in [-0.4, -0.2) is 47.2 Å². The number of likely N-dealkylation sites (tertiary alicyclic amines) is 1. The first-order valence-electron chi connectivity index (χ1n) is 7.25. The molecule has 0 aromatic carbocycles. The Morgan fingerprint density at radius 1 is 1.32 bits per heavy atom. The van der Waals surface area contributed by atoms with E-state index in [0.29, 0.717) is 26.1 Å². The summed E-state index contributed by atoms with van der Waals surface area (Å²) >= 11 is 0. The molecular weight excluding hydrogens is 246 g/mol. The molecule has 19 heavy (non-hydrogen) atoms. The lowest BCUT2D eigenvalue weighted by atomic mass is 9.94. The van der Waals surface area contributed by atoms with Crippen LogP contribution in [0.2, 0.25) is 0 Å². The number of carbonyl (C=O) groups excluding carboxylic acids is 1. The van der Waals surface area contributed by atoms with Gasteiger partial charge in [-0.25, -0.2) is 0 Å². The molecule has 1 atom stereocenters. The summed E-state index contributed by atoms with van der Waals surface area (Å²) in [6.07, 6.45) is 5.01. The molecule has 5 heteroatoms. The largest absolute Gasteiger partial charge is 0.481 e. The maximum atomic E-state index is 12.7. The van der Waals surface area contributed by atoms with Crippen molar-refractivity contribution in [2.45, 2.75) is 51.0 Å². The lowest BCUT2D eigenvalue weighted by Crippen LogP contribution is -2.53. The second-order valence-electron chi connectivity index (χ2n) is 5.56. The summed E-state index contributed by atoms with van der Waals surface area (Å²) in [4.78, 5) is 25.5. The topological polar surface area (TPSA) is 66.8 Å². The monoisotopic (exact) mass is 269 g/mol. The Balaban J connectivity index is 2.07. The van der Waals surface area contributed by atoms with Gasteiger partial charge >= 0.3 is 5.97 Å². The summed E-state index contributed by atoms with van der Waals surface area (Å²) in [7, 11) is 0. The zero-order chi connectivity index (χ0) is 13.9. The molecule has 1 amide bonds. The molecule has 5 nitrogen and oxygen atoms in total. The molecule has 0 spiro atoms. The number of aliphatic carboxylic acids is 1. The highest BCUT2D eigenvalue weighted by Crippen LogP contribution is 2.36. The van der Waals surface area contributed by atoms with Gasteiger partial charge in [-0.3, -0.25) is 9.59 Å². The Labute approximate surface area is 113 Å². The van der Waals surface area contributed by atoms with E-state index in [-0.39, 0.29) is 5.91 Å². The number of amides is 1. The molecule has 0 radical (unpaired) electrons. The average Bonchev–Trinajstić information content (AvgIpc) is 2.88. The standard InChI is InChI=1S/C14H23NO4/c1-2-19-14(7-3-4-8-14)13(18)15-9-5-6-11(10-15)12(16)17/h11H,2-10H2,1H3,(H,16,17). The van der Waals surface area contributed by atoms with Crippen molar-refractivity contribution in [3.05, 3.63) is 0 Å². The van der Waals surface area contributed by atoms with Gasteiger partial charge in [-0.2, -0.15) is 0 Å². The third-order valence-electron chi connectivity index (χ3n) is 4.28. The van der Waals surface area contributed by atoms with Crippen molar-refractivity contribution >= 4 is 11.9 Å². The van der Waals surface area contributed by atoms with Gasteiger partial charge in [0.2, 0.25) is 0 Å². The number of carbonyl (C=O) groups is 2. The van der Waals surface area contributed by atoms with Crippen LogP contribution in [0.1, 0.15) is 45.4 Å². The van der Waals surface area contributed by atoms with Crippen LogP contribution < -0.4 is 0 Å². The third kappa shape index (κ3) is 2.91. The molecule has 2 fully saturated rings. The van der Waals surface area contributed by atoms with E-state index in [0.717, 1.165) is 32.1 Å². The SMILES string of the molecule is CCOC1(C(=O)N2CCCC(C(=O)O)C2)CCCC1. The van der Waals surface area contributed by atoms with Gasteiger partial charge in [-0.05, 0) is 45.4 Å². The number of piperidine rings is 1. The lowest BCUT2D eigenvalue weighted by Gasteiger charge is -2.37. The first-order chi connectivity index (χ1) is 9.09. The zero-order valence-electron chi connectivity index (χ0n) is 11.6. The highest BCUT2D eigenvalue weighted by atomic mass is 16.5. The van der Waals surface area contributed by atoms with Gasteiger partial charge in [-0.15, -0.1) is 0 Å². The minimum atomic E-state index is -0.797. The van der Waals surface area contributed by atoms with Gasteiger partial charge in [-0.1, -0.05) is 0 Å². The molecule has 0 aromatic rings. The van der Waals surface area contributed by atoms with Crippen LogP contribution in [0.25, 0.3) is 0 Å². The summed E-state index contributed by atoms with van der Waals surface area (Å²) in [5, 5.41) is 9.10. The van der Waals surface area contributed by atoms with Crippen LogP contribution in [0.4, 0.5) is 0 Å². The third-order valence-corrected chi connectivity index (χ3v) is 4.28. The van der Waals surface area contributed by atoms with Gasteiger partial charge in [0.15, 0.2) is 0 Å². The van der Waals surface area contributed by atoms with E-state index in [1.807, 2.05) is 6.92 Å². The highest BCUT2D eigenvalue weighted by molar-refractivity contribution is 5.86. The molecular formula is C14H23NO4. The Bertz CT molecular complexity index is 349. The van der Waals surface area contributed by atoms with Gasteiger partial charge in [0.25, 0.3) is 5.91 Å². The quantitative estimate of drug-likeness (QED) is 0.843. The Kier molecular flexibility index (Phi) is 4.45. The van der Waals surface area contributed by atoms with E-state index in [1.54, 1.807) is 4.90 Å². The minimum absolute atomic E-state index is 0.0119. The summed E-state index contributed by atoms with van der Waals surface area (Å²) in [6, 6.07) is 0. The first kappa shape index (κ1) is 14.3. The van der Waals surface area contributed by atoms with E-state index in [1.165, 1.54) is 0 Å². The molecule has 1 N–H and O–H groups in total. The average molecular weight is 269 g/mol. The summed E-state index contributed by atoms with van der Waals surface area (Å²) in [5.74, 6) is -1.20. The van der Waals surface area contributed by atoms with Gasteiger partial charge in [0.05, 0.1) is 5.92 Å². The Morgan fingerprint density at radius 3 is 2.58 bits per heavy atom. The maximum absolute atomic E-state index is 12.7. The molecule has 1 aliphatic carbocycles. The number of ether oxygens (including phenoxy) is 1. The van der Waals surface area contributed by atoms with Crippen molar-refractivity contribution in [2.24, 2.45) is 5.92 Å². The predicted molar refractivity (Wildman–Crippen MR) is 69.8 cm³/mol. The van der Waals surface area contributed by atoms with Crippen molar-refractivity contribution in [1.29, 1.82) is 0 Å². The van der Waals surface area contributed by atoms with Crippen molar-refractivity contribution in [2.75, 3.05) is 19.7 Å². The Morgan fingerprint density at radius 2 is 2.00 bits per heavy atom. The van der Waals surface area contributed by atoms with Crippen LogP contribution in [0.15, 0.2) is 0 Å². The Hall–Kier alpha value is -1.10. The van der Waals surface area contributed by atoms with E-state index in [2.05, 4.69) is 0 Å². The summed E-state index contributed by atoms with van der Waals surface area (Å²) in [5.41, 5.74) is -0.671. The van der Waals surface area contributed by atoms with E-state index in [9.17, 15) is 9.59 Å². The van der Waals surface area contributed by atoms with Crippen molar-refractivity contribution in [3.63, 3.8) is 0 Å². The molecule has 0 aromatic heterocycles. The predicted octanol–water partition coefficient (Wildman–Crippen LogP) is 1.66. The van der Waals surface area contributed by atoms with Crippen molar-refractivity contribution in [3.8, 4) is 0 Å².